The van der Waals surface area contributed by atoms with Gasteiger partial charge in [0.05, 0.1) is 18.8 Å². The summed E-state index contributed by atoms with van der Waals surface area (Å²) in [5, 5.41) is 0. The third-order valence-electron chi connectivity index (χ3n) is 5.47. The molecule has 2 aliphatic rings. The van der Waals surface area contributed by atoms with E-state index in [9.17, 15) is 22.0 Å². The van der Waals surface area contributed by atoms with Crippen LogP contribution in [0.4, 0.5) is 22.0 Å². The Balaban J connectivity index is 1.83. The van der Waals surface area contributed by atoms with E-state index in [0.717, 1.165) is 23.8 Å². The van der Waals surface area contributed by atoms with Gasteiger partial charge >= 0.3 is 6.18 Å². The van der Waals surface area contributed by atoms with Crippen molar-refractivity contribution in [2.45, 2.75) is 44.4 Å². The molecule has 0 bridgehead atoms. The minimum Gasteiger partial charge on any atom is -0.482 e. The maximum absolute atomic E-state index is 14.6. The largest absolute Gasteiger partial charge is 0.482 e. The van der Waals surface area contributed by atoms with Crippen LogP contribution in [0.25, 0.3) is 11.1 Å². The van der Waals surface area contributed by atoms with Gasteiger partial charge in [0.15, 0.2) is 17.4 Å². The lowest BCUT2D eigenvalue weighted by molar-refractivity contribution is -0.137. The van der Waals surface area contributed by atoms with E-state index in [1.807, 2.05) is 6.92 Å². The molecule has 1 saturated heterocycles. The maximum atomic E-state index is 14.6. The van der Waals surface area contributed by atoms with Crippen molar-refractivity contribution in [2.75, 3.05) is 13.2 Å². The molecule has 0 radical (unpaired) electrons. The third-order valence-corrected chi connectivity index (χ3v) is 5.47. The minimum absolute atomic E-state index is 0.107. The molecule has 0 aromatic heterocycles. The zero-order valence-electron chi connectivity index (χ0n) is 15.2. The van der Waals surface area contributed by atoms with Gasteiger partial charge in [0, 0.05) is 6.42 Å². The van der Waals surface area contributed by atoms with Crippen molar-refractivity contribution < 1.29 is 31.4 Å². The molecule has 0 saturated carbocycles. The second-order valence-electron chi connectivity index (χ2n) is 7.37. The number of rotatable bonds is 3. The van der Waals surface area contributed by atoms with Crippen molar-refractivity contribution >= 4 is 0 Å². The predicted octanol–water partition coefficient (Wildman–Crippen LogP) is 5.87. The van der Waals surface area contributed by atoms with Gasteiger partial charge in [-0.15, -0.1) is 0 Å². The Hall–Kier alpha value is -2.15. The first-order valence-corrected chi connectivity index (χ1v) is 9.22. The van der Waals surface area contributed by atoms with Gasteiger partial charge in [0.25, 0.3) is 0 Å². The van der Waals surface area contributed by atoms with Crippen LogP contribution in [0.3, 0.4) is 0 Å². The van der Waals surface area contributed by atoms with E-state index in [-0.39, 0.29) is 23.7 Å². The van der Waals surface area contributed by atoms with Crippen molar-refractivity contribution in [1.29, 1.82) is 0 Å². The van der Waals surface area contributed by atoms with Crippen LogP contribution in [0.15, 0.2) is 24.3 Å². The van der Waals surface area contributed by atoms with Gasteiger partial charge in [-0.25, -0.2) is 8.78 Å². The Kier molecular flexibility index (Phi) is 4.81. The van der Waals surface area contributed by atoms with Gasteiger partial charge in [0.1, 0.15) is 6.10 Å². The van der Waals surface area contributed by atoms with Crippen LogP contribution in [-0.2, 0) is 17.3 Å². The van der Waals surface area contributed by atoms with Crippen LogP contribution in [0, 0.1) is 11.6 Å². The summed E-state index contributed by atoms with van der Waals surface area (Å²) in [7, 11) is 0. The molecule has 0 amide bonds. The summed E-state index contributed by atoms with van der Waals surface area (Å²) in [5.41, 5.74) is 0.175. The monoisotopic (exact) mass is 398 g/mol. The molecule has 1 aliphatic carbocycles. The molecule has 2 aromatic carbocycles. The van der Waals surface area contributed by atoms with Crippen LogP contribution in [0.5, 0.6) is 5.75 Å². The molecular formula is C21H19F5O2. The summed E-state index contributed by atoms with van der Waals surface area (Å²) < 4.78 is 80.6. The van der Waals surface area contributed by atoms with Gasteiger partial charge in [0.2, 0.25) is 0 Å². The Morgan fingerprint density at radius 2 is 1.79 bits per heavy atom. The molecule has 2 atom stereocenters. The summed E-state index contributed by atoms with van der Waals surface area (Å²) >= 11 is 0. The van der Waals surface area contributed by atoms with Crippen LogP contribution < -0.4 is 4.74 Å². The zero-order valence-corrected chi connectivity index (χ0v) is 15.2. The van der Waals surface area contributed by atoms with E-state index < -0.39 is 35.2 Å². The van der Waals surface area contributed by atoms with Crippen LogP contribution in [-0.4, -0.2) is 19.3 Å². The topological polar surface area (TPSA) is 18.5 Å². The molecule has 1 heterocycles. The smallest absolute Gasteiger partial charge is 0.417 e. The quantitative estimate of drug-likeness (QED) is 0.602. The second kappa shape index (κ2) is 7.03. The Labute approximate surface area is 159 Å². The molecule has 2 aromatic rings. The first kappa shape index (κ1) is 19.2. The van der Waals surface area contributed by atoms with Crippen LogP contribution in [0.1, 0.15) is 42.4 Å². The zero-order chi connectivity index (χ0) is 20.1. The highest BCUT2D eigenvalue weighted by molar-refractivity contribution is 5.75. The van der Waals surface area contributed by atoms with Crippen molar-refractivity contribution in [3.8, 4) is 16.9 Å². The van der Waals surface area contributed by atoms with Crippen molar-refractivity contribution in [1.82, 2.24) is 0 Å². The Morgan fingerprint density at radius 1 is 1.07 bits per heavy atom. The molecule has 0 N–H and O–H groups in total. The van der Waals surface area contributed by atoms with Gasteiger partial charge in [-0.2, -0.15) is 13.2 Å². The number of hydrogen-bond donors (Lipinski definition) is 0. The van der Waals surface area contributed by atoms with Gasteiger partial charge in [-0.05, 0) is 59.2 Å². The van der Waals surface area contributed by atoms with E-state index in [4.69, 9.17) is 9.47 Å². The molecule has 28 heavy (non-hydrogen) atoms. The predicted molar refractivity (Wildman–Crippen MR) is 93.4 cm³/mol. The molecule has 2 nitrogen and oxygen atoms in total. The normalized spacial score (nSPS) is 21.8. The average molecular weight is 398 g/mol. The van der Waals surface area contributed by atoms with Crippen LogP contribution >= 0.6 is 0 Å². The summed E-state index contributed by atoms with van der Waals surface area (Å²) in [6.45, 7) is 2.60. The number of ether oxygens (including phenoxy) is 2. The first-order valence-electron chi connectivity index (χ1n) is 9.22. The van der Waals surface area contributed by atoms with E-state index in [2.05, 4.69) is 0 Å². The molecule has 150 valence electrons. The standard InChI is InChI=1S/C21H19F5O2/c1-11-2-3-15-14(11)4-5-16(21(24,25)26)19(15)12-8-17(22)20(18(23)9-12)28-13-6-7-27-10-13/h4-5,8-9,11,13H,2-3,6-7,10H2,1H3/t11-,13-/m1/s1. The average Bonchev–Trinajstić information content (AvgIpc) is 3.26. The van der Waals surface area contributed by atoms with Crippen molar-refractivity contribution in [2.24, 2.45) is 0 Å². The minimum atomic E-state index is -4.63. The number of fused-ring (bicyclic) bond motifs is 1. The Bertz CT molecular complexity index is 877. The van der Waals surface area contributed by atoms with E-state index >= 15 is 0 Å². The van der Waals surface area contributed by atoms with E-state index in [1.54, 1.807) is 0 Å². The molecule has 1 fully saturated rings. The van der Waals surface area contributed by atoms with Crippen LogP contribution in [0.2, 0.25) is 0 Å². The maximum Gasteiger partial charge on any atom is 0.417 e. The second-order valence-corrected chi connectivity index (χ2v) is 7.37. The van der Waals surface area contributed by atoms with Crippen molar-refractivity contribution in [3.63, 3.8) is 0 Å². The molecule has 0 spiro atoms. The molecule has 0 unspecified atom stereocenters. The number of halogens is 5. The first-order chi connectivity index (χ1) is 13.3. The number of benzene rings is 2. The number of alkyl halides is 3. The lowest BCUT2D eigenvalue weighted by atomic mass is 9.90. The summed E-state index contributed by atoms with van der Waals surface area (Å²) in [6.07, 6.45) is -3.45. The Morgan fingerprint density at radius 3 is 2.39 bits per heavy atom. The summed E-state index contributed by atoms with van der Waals surface area (Å²) in [4.78, 5) is 0. The fraction of sp³-hybridized carbons (Fsp3) is 0.429. The molecule has 4 rings (SSSR count). The summed E-state index contributed by atoms with van der Waals surface area (Å²) in [6, 6.07) is 4.35. The highest BCUT2D eigenvalue weighted by Gasteiger charge is 2.37. The van der Waals surface area contributed by atoms with Gasteiger partial charge < -0.3 is 9.47 Å². The van der Waals surface area contributed by atoms with E-state index in [1.165, 1.54) is 6.07 Å². The van der Waals surface area contributed by atoms with Gasteiger partial charge in [-0.1, -0.05) is 13.0 Å². The SMILES string of the molecule is C[C@@H]1CCc2c1ccc(C(F)(F)F)c2-c1cc(F)c(O[C@@H]2CCOC2)c(F)c1. The highest BCUT2D eigenvalue weighted by atomic mass is 19.4. The highest BCUT2D eigenvalue weighted by Crippen LogP contribution is 2.46. The number of hydrogen-bond acceptors (Lipinski definition) is 2. The lowest BCUT2D eigenvalue weighted by Gasteiger charge is -2.19. The molecule has 7 heteroatoms. The lowest BCUT2D eigenvalue weighted by Crippen LogP contribution is -2.17. The van der Waals surface area contributed by atoms with Crippen molar-refractivity contribution in [3.05, 3.63) is 52.6 Å². The molecule has 1 aliphatic heterocycles. The third kappa shape index (κ3) is 3.36. The summed E-state index contributed by atoms with van der Waals surface area (Å²) in [5.74, 6) is -2.50. The van der Waals surface area contributed by atoms with Gasteiger partial charge in [-0.3, -0.25) is 0 Å². The molecular weight excluding hydrogens is 379 g/mol. The fourth-order valence-corrected chi connectivity index (χ4v) is 4.07. The fourth-order valence-electron chi connectivity index (χ4n) is 4.07. The van der Waals surface area contributed by atoms with E-state index in [0.29, 0.717) is 31.4 Å².